The molecule has 0 saturated heterocycles. The van der Waals surface area contributed by atoms with Crippen molar-refractivity contribution in [1.29, 1.82) is 0 Å². The predicted octanol–water partition coefficient (Wildman–Crippen LogP) is 2.99. The van der Waals surface area contributed by atoms with E-state index in [0.29, 0.717) is 0 Å². The van der Waals surface area contributed by atoms with Crippen LogP contribution in [0.3, 0.4) is 0 Å². The first-order valence-electron chi connectivity index (χ1n) is 8.30. The number of benzene rings is 3. The van der Waals surface area contributed by atoms with Crippen molar-refractivity contribution in [3.8, 4) is 5.75 Å². The van der Waals surface area contributed by atoms with Crippen LogP contribution < -0.4 is 15.2 Å². The zero-order valence-electron chi connectivity index (χ0n) is 15.0. The molecule has 0 saturated carbocycles. The zero-order chi connectivity index (χ0) is 19.6. The van der Waals surface area contributed by atoms with Gasteiger partial charge in [-0.2, -0.15) is 0 Å². The monoisotopic (exact) mass is 384 g/mol. The number of nitrogens with two attached hydrogens (primary N) is 1. The summed E-state index contributed by atoms with van der Waals surface area (Å²) in [4.78, 5) is 12.4. The van der Waals surface area contributed by atoms with Crippen molar-refractivity contribution in [1.82, 2.24) is 5.32 Å². The van der Waals surface area contributed by atoms with Crippen molar-refractivity contribution in [2.75, 3.05) is 7.11 Å². The molecule has 27 heavy (non-hydrogen) atoms. The second-order valence-corrected chi connectivity index (χ2v) is 7.70. The molecular formula is C20H20N2O4S. The van der Waals surface area contributed by atoms with Crippen molar-refractivity contribution < 1.29 is 17.9 Å². The van der Waals surface area contributed by atoms with E-state index in [2.05, 4.69) is 5.32 Å². The molecular weight excluding hydrogens is 364 g/mol. The molecule has 0 aliphatic carbocycles. The van der Waals surface area contributed by atoms with E-state index in [0.717, 1.165) is 16.3 Å². The molecule has 0 radical (unpaired) electrons. The van der Waals surface area contributed by atoms with Gasteiger partial charge in [-0.05, 0) is 41.5 Å². The summed E-state index contributed by atoms with van der Waals surface area (Å²) in [6.45, 7) is 1.88. The standard InChI is InChI=1S/C20H20N2O4S/c1-13(16-9-5-7-14-6-3-4-8-17(14)16)22-20(23)15-10-11-18(26-2)19(12-15)27(21,24)25/h3-13H,1-2H3,(H,22,23)(H2,21,24,25). The molecule has 0 aliphatic heterocycles. The van der Waals surface area contributed by atoms with Gasteiger partial charge in [0.2, 0.25) is 10.0 Å². The van der Waals surface area contributed by atoms with E-state index < -0.39 is 15.9 Å². The van der Waals surface area contributed by atoms with Crippen LogP contribution in [0, 0.1) is 0 Å². The average Bonchev–Trinajstić information content (AvgIpc) is 2.66. The second kappa shape index (κ2) is 7.38. The van der Waals surface area contributed by atoms with Crippen LogP contribution in [0.1, 0.15) is 28.9 Å². The van der Waals surface area contributed by atoms with Crippen LogP contribution in [-0.2, 0) is 10.0 Å². The molecule has 6 nitrogen and oxygen atoms in total. The number of amides is 1. The molecule has 3 N–H and O–H groups in total. The molecule has 3 aromatic rings. The topological polar surface area (TPSA) is 98.5 Å². The molecule has 3 aromatic carbocycles. The van der Waals surface area contributed by atoms with Crippen LogP contribution in [0.2, 0.25) is 0 Å². The maximum Gasteiger partial charge on any atom is 0.251 e. The van der Waals surface area contributed by atoms with Gasteiger partial charge in [0.1, 0.15) is 10.6 Å². The Bertz CT molecular complexity index is 1100. The largest absolute Gasteiger partial charge is 0.495 e. The Morgan fingerprint density at radius 1 is 1.07 bits per heavy atom. The highest BCUT2D eigenvalue weighted by molar-refractivity contribution is 7.89. The molecule has 1 amide bonds. The number of ether oxygens (including phenoxy) is 1. The van der Waals surface area contributed by atoms with Gasteiger partial charge < -0.3 is 10.1 Å². The number of primary sulfonamides is 1. The van der Waals surface area contributed by atoms with Gasteiger partial charge in [0.15, 0.2) is 0 Å². The molecule has 140 valence electrons. The highest BCUT2D eigenvalue weighted by Gasteiger charge is 2.19. The smallest absolute Gasteiger partial charge is 0.251 e. The third-order valence-electron chi connectivity index (χ3n) is 4.37. The van der Waals surface area contributed by atoms with E-state index in [9.17, 15) is 13.2 Å². The van der Waals surface area contributed by atoms with Gasteiger partial charge in [-0.25, -0.2) is 13.6 Å². The van der Waals surface area contributed by atoms with Gasteiger partial charge in [-0.1, -0.05) is 42.5 Å². The van der Waals surface area contributed by atoms with Crippen LogP contribution in [0.15, 0.2) is 65.6 Å². The summed E-state index contributed by atoms with van der Waals surface area (Å²) in [6, 6.07) is 17.7. The quantitative estimate of drug-likeness (QED) is 0.706. The summed E-state index contributed by atoms with van der Waals surface area (Å²) in [6.07, 6.45) is 0. The highest BCUT2D eigenvalue weighted by atomic mass is 32.2. The Hall–Kier alpha value is -2.90. The number of hydrogen-bond donors (Lipinski definition) is 2. The molecule has 0 bridgehead atoms. The van der Waals surface area contributed by atoms with Gasteiger partial charge in [0.25, 0.3) is 5.91 Å². The Morgan fingerprint density at radius 2 is 1.78 bits per heavy atom. The van der Waals surface area contributed by atoms with E-state index in [1.54, 1.807) is 0 Å². The summed E-state index contributed by atoms with van der Waals surface area (Å²) in [5, 5.41) is 10.3. The second-order valence-electron chi connectivity index (χ2n) is 6.17. The SMILES string of the molecule is COc1ccc(C(=O)NC(C)c2cccc3ccccc23)cc1S(N)(=O)=O. The number of hydrogen-bond acceptors (Lipinski definition) is 4. The minimum atomic E-state index is -4.02. The third kappa shape index (κ3) is 3.94. The lowest BCUT2D eigenvalue weighted by atomic mass is 9.99. The molecule has 0 fully saturated rings. The van der Waals surface area contributed by atoms with Crippen LogP contribution in [0.4, 0.5) is 0 Å². The van der Waals surface area contributed by atoms with E-state index >= 15 is 0 Å². The Kier molecular flexibility index (Phi) is 5.16. The fourth-order valence-corrected chi connectivity index (χ4v) is 3.75. The lowest BCUT2D eigenvalue weighted by Crippen LogP contribution is -2.27. The average molecular weight is 384 g/mol. The van der Waals surface area contributed by atoms with Crippen molar-refractivity contribution in [3.63, 3.8) is 0 Å². The summed E-state index contributed by atoms with van der Waals surface area (Å²) in [5.41, 5.74) is 1.16. The van der Waals surface area contributed by atoms with Crippen LogP contribution in [-0.4, -0.2) is 21.4 Å². The summed E-state index contributed by atoms with van der Waals surface area (Å²) < 4.78 is 28.5. The predicted molar refractivity (Wildman–Crippen MR) is 104 cm³/mol. The third-order valence-corrected chi connectivity index (χ3v) is 5.30. The number of carbonyl (C=O) groups is 1. The maximum atomic E-state index is 12.7. The number of carbonyl (C=O) groups excluding carboxylic acids is 1. The molecule has 7 heteroatoms. The molecule has 3 rings (SSSR count). The summed E-state index contributed by atoms with van der Waals surface area (Å²) in [7, 11) is -2.68. The fourth-order valence-electron chi connectivity index (χ4n) is 3.03. The first-order chi connectivity index (χ1) is 12.8. The van der Waals surface area contributed by atoms with Crippen LogP contribution in [0.5, 0.6) is 5.75 Å². The maximum absolute atomic E-state index is 12.7. The van der Waals surface area contributed by atoms with E-state index in [4.69, 9.17) is 9.88 Å². The minimum absolute atomic E-state index is 0.0937. The van der Waals surface area contributed by atoms with Gasteiger partial charge in [0, 0.05) is 5.56 Å². The summed E-state index contributed by atoms with van der Waals surface area (Å²) in [5.74, 6) is -0.306. The number of rotatable bonds is 5. The first-order valence-corrected chi connectivity index (χ1v) is 9.85. The minimum Gasteiger partial charge on any atom is -0.495 e. The summed E-state index contributed by atoms with van der Waals surface area (Å²) >= 11 is 0. The molecule has 0 heterocycles. The Morgan fingerprint density at radius 3 is 2.48 bits per heavy atom. The van der Waals surface area contributed by atoms with Gasteiger partial charge in [-0.3, -0.25) is 4.79 Å². The van der Waals surface area contributed by atoms with Crippen LogP contribution in [0.25, 0.3) is 10.8 Å². The zero-order valence-corrected chi connectivity index (χ0v) is 15.8. The van der Waals surface area contributed by atoms with Crippen molar-refractivity contribution in [3.05, 3.63) is 71.8 Å². The lowest BCUT2D eigenvalue weighted by Gasteiger charge is -2.17. The fraction of sp³-hybridized carbons (Fsp3) is 0.150. The van der Waals surface area contributed by atoms with E-state index in [1.165, 1.54) is 25.3 Å². The number of methoxy groups -OCH3 is 1. The number of nitrogens with one attached hydrogen (secondary N) is 1. The van der Waals surface area contributed by atoms with Crippen molar-refractivity contribution in [2.24, 2.45) is 5.14 Å². The van der Waals surface area contributed by atoms with Gasteiger partial charge in [0.05, 0.1) is 13.2 Å². The number of fused-ring (bicyclic) bond motifs is 1. The molecule has 0 spiro atoms. The number of sulfonamides is 1. The van der Waals surface area contributed by atoms with E-state index in [1.807, 2.05) is 49.4 Å². The van der Waals surface area contributed by atoms with Gasteiger partial charge in [-0.15, -0.1) is 0 Å². The Labute approximate surface area is 158 Å². The normalized spacial score (nSPS) is 12.6. The van der Waals surface area contributed by atoms with E-state index in [-0.39, 0.29) is 22.3 Å². The van der Waals surface area contributed by atoms with Crippen molar-refractivity contribution in [2.45, 2.75) is 17.9 Å². The lowest BCUT2D eigenvalue weighted by molar-refractivity contribution is 0.0940. The molecule has 0 aliphatic rings. The molecule has 1 unspecified atom stereocenters. The van der Waals surface area contributed by atoms with Crippen molar-refractivity contribution >= 4 is 26.7 Å². The molecule has 0 aromatic heterocycles. The molecule has 1 atom stereocenters. The Balaban J connectivity index is 1.91. The van der Waals surface area contributed by atoms with Gasteiger partial charge >= 0.3 is 0 Å². The first kappa shape index (κ1) is 18.9. The highest BCUT2D eigenvalue weighted by Crippen LogP contribution is 2.26. The van der Waals surface area contributed by atoms with Crippen LogP contribution >= 0.6 is 0 Å².